The Morgan fingerprint density at radius 1 is 1.04 bits per heavy atom. The van der Waals surface area contributed by atoms with Crippen LogP contribution in [0.4, 0.5) is 13.2 Å². The number of alkyl halides is 3. The molecule has 4 rings (SSSR count). The van der Waals surface area contributed by atoms with Crippen LogP contribution in [-0.4, -0.2) is 61.6 Å². The number of rotatable bonds is 15. The van der Waals surface area contributed by atoms with E-state index in [4.69, 9.17) is 18.9 Å². The third-order valence-corrected chi connectivity index (χ3v) is 9.95. The van der Waals surface area contributed by atoms with E-state index >= 15 is 0 Å². The summed E-state index contributed by atoms with van der Waals surface area (Å²) >= 11 is 0. The van der Waals surface area contributed by atoms with Gasteiger partial charge >= 0.3 is 12.1 Å². The number of carbonyl (C=O) groups excluding carboxylic acids is 1. The Hall–Kier alpha value is -3.22. The molecule has 2 aromatic heterocycles. The number of benzene rings is 1. The molecule has 0 spiro atoms. The topological polar surface area (TPSA) is 84.7 Å². The molecule has 0 atom stereocenters. The molecule has 1 aliphatic rings. The van der Waals surface area contributed by atoms with Crippen molar-refractivity contribution in [3.63, 3.8) is 0 Å². The normalized spacial score (nSPS) is 18.8. The molecule has 0 radical (unpaired) electrons. The van der Waals surface area contributed by atoms with E-state index in [1.807, 2.05) is 24.3 Å². The van der Waals surface area contributed by atoms with Crippen LogP contribution in [0, 0.1) is 5.41 Å². The molecule has 0 amide bonds. The Balaban J connectivity index is 1.38. The van der Waals surface area contributed by atoms with Gasteiger partial charge in [-0.2, -0.15) is 13.2 Å². The summed E-state index contributed by atoms with van der Waals surface area (Å²) in [7, 11) is 0.273. The molecule has 1 fully saturated rings. The van der Waals surface area contributed by atoms with Crippen molar-refractivity contribution < 1.29 is 36.9 Å². The van der Waals surface area contributed by atoms with Crippen LogP contribution in [0.25, 0.3) is 22.6 Å². The number of hydrogen-bond acceptors (Lipinski definition) is 7. The quantitative estimate of drug-likeness (QED) is 0.0922. The van der Waals surface area contributed by atoms with Crippen LogP contribution in [0.1, 0.15) is 51.1 Å². The van der Waals surface area contributed by atoms with Crippen LogP contribution in [-0.2, 0) is 31.9 Å². The highest BCUT2D eigenvalue weighted by Crippen LogP contribution is 2.39. The number of nitrogens with zero attached hydrogens (tertiary/aromatic N) is 3. The predicted octanol–water partition coefficient (Wildman–Crippen LogP) is 8.24. The summed E-state index contributed by atoms with van der Waals surface area (Å²) in [6.07, 6.45) is 2.44. The van der Waals surface area contributed by atoms with Crippen LogP contribution in [0.5, 0.6) is 5.75 Å². The third kappa shape index (κ3) is 9.65. The fourth-order valence-corrected chi connectivity index (χ4v) is 6.18. The first-order valence-electron chi connectivity index (χ1n) is 16.0. The molecule has 1 saturated carbocycles. The molecule has 0 bridgehead atoms. The highest BCUT2D eigenvalue weighted by molar-refractivity contribution is 6.76. The van der Waals surface area contributed by atoms with Gasteiger partial charge in [-0.05, 0) is 74.5 Å². The lowest BCUT2D eigenvalue weighted by atomic mass is 9.73. The highest BCUT2D eigenvalue weighted by atomic mass is 28.3. The SMILES string of the molecule is CCCCOC(=O)C1(COC)CCC(Oc2ccc(-c3ccc(-c4nc(C(F)(F)F)cn4COCC[Si](C)(C)C)cn3)cc2)CC1. The fourth-order valence-electron chi connectivity index (χ4n) is 5.42. The minimum absolute atomic E-state index is 0.0243. The molecule has 3 aromatic rings. The van der Waals surface area contributed by atoms with Crippen molar-refractivity contribution in [2.24, 2.45) is 5.41 Å². The number of hydrogen-bond donors (Lipinski definition) is 0. The summed E-state index contributed by atoms with van der Waals surface area (Å²) in [5.41, 5.74) is 0.371. The number of esters is 1. The number of methoxy groups -OCH3 is 1. The summed E-state index contributed by atoms with van der Waals surface area (Å²) in [5.74, 6) is 0.685. The minimum atomic E-state index is -4.57. The number of aromatic nitrogens is 3. The molecule has 2 heterocycles. The minimum Gasteiger partial charge on any atom is -0.490 e. The van der Waals surface area contributed by atoms with Crippen molar-refractivity contribution >= 4 is 14.0 Å². The maximum atomic E-state index is 13.5. The summed E-state index contributed by atoms with van der Waals surface area (Å²) in [4.78, 5) is 21.3. The van der Waals surface area contributed by atoms with E-state index in [1.54, 1.807) is 19.2 Å². The van der Waals surface area contributed by atoms with E-state index in [0.717, 1.165) is 30.6 Å². The zero-order chi connectivity index (χ0) is 33.4. The molecule has 8 nitrogen and oxygen atoms in total. The number of halogens is 3. The van der Waals surface area contributed by atoms with Crippen molar-refractivity contribution in [2.75, 3.05) is 26.9 Å². The van der Waals surface area contributed by atoms with E-state index in [-0.39, 0.29) is 24.6 Å². The van der Waals surface area contributed by atoms with Gasteiger partial charge in [0.2, 0.25) is 0 Å². The average molecular weight is 662 g/mol. The van der Waals surface area contributed by atoms with Crippen LogP contribution in [0.3, 0.4) is 0 Å². The third-order valence-electron chi connectivity index (χ3n) is 8.24. The van der Waals surface area contributed by atoms with Gasteiger partial charge in [0, 0.05) is 45.3 Å². The zero-order valence-electron chi connectivity index (χ0n) is 27.5. The lowest BCUT2D eigenvalue weighted by Crippen LogP contribution is -2.42. The van der Waals surface area contributed by atoms with E-state index < -0.39 is 25.4 Å². The van der Waals surface area contributed by atoms with Crippen LogP contribution in [0.2, 0.25) is 25.7 Å². The summed E-state index contributed by atoms with van der Waals surface area (Å²) < 4.78 is 64.8. The first-order valence-corrected chi connectivity index (χ1v) is 19.7. The van der Waals surface area contributed by atoms with Crippen LogP contribution >= 0.6 is 0 Å². The van der Waals surface area contributed by atoms with Gasteiger partial charge in [0.1, 0.15) is 18.3 Å². The summed E-state index contributed by atoms with van der Waals surface area (Å²) in [6.45, 7) is 9.94. The standard InChI is InChI=1S/C34H46F3N3O5Si/c1-6-7-18-44-32(41)33(23-42-2)16-14-28(15-17-33)45-27-11-8-25(9-12-27)29-13-10-26(21-38-29)31-39-30(34(35,36)37)22-40(31)24-43-19-20-46(3,4)5/h8-13,21-22,28H,6-7,14-20,23-24H2,1-5H3. The van der Waals surface area contributed by atoms with Gasteiger partial charge in [0.15, 0.2) is 5.69 Å². The second-order valence-corrected chi connectivity index (χ2v) is 18.9. The predicted molar refractivity (Wildman–Crippen MR) is 173 cm³/mol. The molecule has 1 aromatic carbocycles. The molecule has 46 heavy (non-hydrogen) atoms. The van der Waals surface area contributed by atoms with Crippen molar-refractivity contribution in [2.45, 2.75) is 90.1 Å². The number of imidazole rings is 1. The average Bonchev–Trinajstić information content (AvgIpc) is 3.46. The second-order valence-electron chi connectivity index (χ2n) is 13.2. The number of unbranched alkanes of at least 4 members (excludes halogenated alkanes) is 1. The Morgan fingerprint density at radius 2 is 1.74 bits per heavy atom. The molecular formula is C34H46F3N3O5Si. The lowest BCUT2D eigenvalue weighted by Gasteiger charge is -2.37. The van der Waals surface area contributed by atoms with Gasteiger partial charge in [0.05, 0.1) is 30.4 Å². The van der Waals surface area contributed by atoms with Crippen molar-refractivity contribution in [3.05, 3.63) is 54.5 Å². The van der Waals surface area contributed by atoms with Gasteiger partial charge in [0.25, 0.3) is 0 Å². The molecule has 1 aliphatic carbocycles. The van der Waals surface area contributed by atoms with Gasteiger partial charge in [-0.15, -0.1) is 0 Å². The first kappa shape index (κ1) is 35.6. The van der Waals surface area contributed by atoms with Gasteiger partial charge < -0.3 is 23.5 Å². The molecule has 0 N–H and O–H groups in total. The van der Waals surface area contributed by atoms with E-state index in [9.17, 15) is 18.0 Å². The first-order chi connectivity index (χ1) is 21.8. The van der Waals surface area contributed by atoms with Gasteiger partial charge in [-0.3, -0.25) is 9.78 Å². The Morgan fingerprint density at radius 3 is 2.33 bits per heavy atom. The fraction of sp³-hybridized carbons (Fsp3) is 0.559. The molecule has 252 valence electrons. The molecule has 0 unspecified atom stereocenters. The second kappa shape index (κ2) is 15.6. The van der Waals surface area contributed by atoms with E-state index in [1.165, 1.54) is 10.8 Å². The van der Waals surface area contributed by atoms with Crippen molar-refractivity contribution in [1.82, 2.24) is 14.5 Å². The number of carbonyl (C=O) groups is 1. The van der Waals surface area contributed by atoms with E-state index in [0.29, 0.717) is 62.5 Å². The van der Waals surface area contributed by atoms with Gasteiger partial charge in [-0.1, -0.05) is 33.0 Å². The summed E-state index contributed by atoms with van der Waals surface area (Å²) in [5, 5.41) is 0. The number of ether oxygens (including phenoxy) is 4. The monoisotopic (exact) mass is 661 g/mol. The molecule has 0 aliphatic heterocycles. The number of pyridine rings is 1. The largest absolute Gasteiger partial charge is 0.490 e. The Kier molecular flexibility index (Phi) is 12.1. The maximum Gasteiger partial charge on any atom is 0.434 e. The maximum absolute atomic E-state index is 13.5. The molecule has 0 saturated heterocycles. The highest BCUT2D eigenvalue weighted by Gasteiger charge is 2.44. The molecular weight excluding hydrogens is 615 g/mol. The molecule has 12 heteroatoms. The van der Waals surface area contributed by atoms with Crippen molar-refractivity contribution in [1.29, 1.82) is 0 Å². The van der Waals surface area contributed by atoms with Crippen molar-refractivity contribution in [3.8, 4) is 28.4 Å². The van der Waals surface area contributed by atoms with Crippen LogP contribution < -0.4 is 4.74 Å². The van der Waals surface area contributed by atoms with E-state index in [2.05, 4.69) is 36.5 Å². The van der Waals surface area contributed by atoms with Crippen LogP contribution in [0.15, 0.2) is 48.8 Å². The smallest absolute Gasteiger partial charge is 0.434 e. The summed E-state index contributed by atoms with van der Waals surface area (Å²) in [6, 6.07) is 11.9. The lowest BCUT2D eigenvalue weighted by molar-refractivity contribution is -0.163. The Bertz CT molecular complexity index is 1400. The zero-order valence-corrected chi connectivity index (χ0v) is 28.5. The van der Waals surface area contributed by atoms with Gasteiger partial charge in [-0.25, -0.2) is 4.98 Å². The Labute approximate surface area is 270 Å².